The van der Waals surface area contributed by atoms with E-state index in [2.05, 4.69) is 31.2 Å². The highest BCUT2D eigenvalue weighted by atomic mass is 79.9. The molecule has 6 nitrogen and oxygen atoms in total. The summed E-state index contributed by atoms with van der Waals surface area (Å²) >= 11 is 8.86. The number of nitro groups is 1. The summed E-state index contributed by atoms with van der Waals surface area (Å²) in [5, 5.41) is 13.6. The van der Waals surface area contributed by atoms with Gasteiger partial charge in [0.2, 0.25) is 5.82 Å². The molecule has 0 spiro atoms. The normalized spacial score (nSPS) is 10.4. The van der Waals surface area contributed by atoms with E-state index in [1.54, 1.807) is 0 Å². The minimum atomic E-state index is -0.787. The van der Waals surface area contributed by atoms with Crippen LogP contribution in [-0.2, 0) is 0 Å². The second-order valence-corrected chi connectivity index (χ2v) is 4.88. The lowest BCUT2D eigenvalue weighted by molar-refractivity contribution is -0.383. The average molecular weight is 362 g/mol. The Morgan fingerprint density at radius 1 is 1.45 bits per heavy atom. The molecule has 0 saturated carbocycles. The Hall–Kier alpha value is -1.80. The zero-order valence-corrected chi connectivity index (χ0v) is 12.4. The van der Waals surface area contributed by atoms with Gasteiger partial charge in [-0.15, -0.1) is 0 Å². The third-order valence-corrected chi connectivity index (χ3v) is 3.79. The number of aromatic nitrogens is 2. The molecule has 0 aliphatic rings. The lowest BCUT2D eigenvalue weighted by Gasteiger charge is -2.08. The van der Waals surface area contributed by atoms with Crippen molar-refractivity contribution in [3.05, 3.63) is 43.9 Å². The van der Waals surface area contributed by atoms with Crippen LogP contribution in [0.15, 0.2) is 22.9 Å². The summed E-state index contributed by atoms with van der Waals surface area (Å²) in [6.07, 6.45) is 1.11. The van der Waals surface area contributed by atoms with Crippen molar-refractivity contribution in [1.29, 1.82) is 0 Å². The third-order valence-electron chi connectivity index (χ3n) is 2.53. The average Bonchev–Trinajstić information content (AvgIpc) is 2.44. The van der Waals surface area contributed by atoms with E-state index >= 15 is 0 Å². The van der Waals surface area contributed by atoms with Gasteiger partial charge in [-0.2, -0.15) is 0 Å². The van der Waals surface area contributed by atoms with E-state index in [0.717, 1.165) is 6.33 Å². The van der Waals surface area contributed by atoms with Gasteiger partial charge in [-0.05, 0) is 28.1 Å². The van der Waals surface area contributed by atoms with Crippen molar-refractivity contribution in [2.24, 2.45) is 0 Å². The number of hydrogen-bond acceptors (Lipinski definition) is 5. The fourth-order valence-corrected chi connectivity index (χ4v) is 2.11. The van der Waals surface area contributed by atoms with E-state index in [-0.39, 0.29) is 22.1 Å². The molecular formula is C11H7BrClFN4O2. The minimum Gasteiger partial charge on any atom is -0.367 e. The molecule has 0 bridgehead atoms. The summed E-state index contributed by atoms with van der Waals surface area (Å²) < 4.78 is 14.5. The molecule has 0 radical (unpaired) electrons. The molecule has 0 unspecified atom stereocenters. The van der Waals surface area contributed by atoms with Gasteiger partial charge >= 0.3 is 5.69 Å². The Balaban J connectivity index is 2.77. The van der Waals surface area contributed by atoms with E-state index < -0.39 is 16.4 Å². The van der Waals surface area contributed by atoms with E-state index in [4.69, 9.17) is 11.6 Å². The number of nitrogens with one attached hydrogen (secondary N) is 1. The monoisotopic (exact) mass is 360 g/mol. The summed E-state index contributed by atoms with van der Waals surface area (Å²) in [4.78, 5) is 18.0. The predicted octanol–water partition coefficient (Wildman–Crippen LogP) is 3.65. The van der Waals surface area contributed by atoms with Gasteiger partial charge in [0, 0.05) is 17.1 Å². The Morgan fingerprint density at radius 3 is 2.75 bits per heavy atom. The fourth-order valence-electron chi connectivity index (χ4n) is 1.64. The minimum absolute atomic E-state index is 0.00144. The molecule has 0 saturated heterocycles. The summed E-state index contributed by atoms with van der Waals surface area (Å²) in [5.74, 6) is -0.789. The first kappa shape index (κ1) is 14.6. The number of nitrogens with zero attached hydrogens (tertiary/aromatic N) is 3. The Kier molecular flexibility index (Phi) is 4.15. The van der Waals surface area contributed by atoms with E-state index in [0.29, 0.717) is 4.47 Å². The SMILES string of the molecule is CNc1ncnc(-c2ccc(Br)c(Cl)c2F)c1[N+](=O)[O-]. The quantitative estimate of drug-likeness (QED) is 0.513. The second-order valence-electron chi connectivity index (χ2n) is 3.65. The molecule has 9 heteroatoms. The van der Waals surface area contributed by atoms with E-state index in [1.165, 1.54) is 19.2 Å². The van der Waals surface area contributed by atoms with Crippen molar-refractivity contribution in [2.75, 3.05) is 12.4 Å². The molecule has 0 fully saturated rings. The van der Waals surface area contributed by atoms with Crippen LogP contribution in [0.25, 0.3) is 11.3 Å². The highest BCUT2D eigenvalue weighted by molar-refractivity contribution is 9.10. The van der Waals surface area contributed by atoms with Crippen LogP contribution in [0.2, 0.25) is 5.02 Å². The molecule has 2 aromatic rings. The van der Waals surface area contributed by atoms with Gasteiger partial charge in [-0.1, -0.05) is 11.6 Å². The zero-order chi connectivity index (χ0) is 14.9. The number of rotatable bonds is 3. The molecule has 1 heterocycles. The van der Waals surface area contributed by atoms with Gasteiger partial charge in [0.1, 0.15) is 6.33 Å². The van der Waals surface area contributed by atoms with Crippen LogP contribution in [0, 0.1) is 15.9 Å². The lowest BCUT2D eigenvalue weighted by Crippen LogP contribution is -2.04. The number of benzene rings is 1. The lowest BCUT2D eigenvalue weighted by atomic mass is 10.1. The molecule has 2 rings (SSSR count). The molecule has 1 N–H and O–H groups in total. The number of halogens is 3. The Morgan fingerprint density at radius 2 is 2.15 bits per heavy atom. The summed E-state index contributed by atoms with van der Waals surface area (Å²) in [6.45, 7) is 0. The summed E-state index contributed by atoms with van der Waals surface area (Å²) in [7, 11) is 1.48. The molecule has 1 aromatic carbocycles. The standard InChI is InChI=1S/C11H7BrClFN4O2/c1-15-11-10(18(19)20)9(16-4-17-11)5-2-3-6(12)7(13)8(5)14/h2-4H,1H3,(H,15,16,17). The van der Waals surface area contributed by atoms with Crippen molar-refractivity contribution in [3.8, 4) is 11.3 Å². The smallest absolute Gasteiger partial charge is 0.337 e. The van der Waals surface area contributed by atoms with Crippen molar-refractivity contribution >= 4 is 39.0 Å². The molecule has 0 aliphatic carbocycles. The Bertz CT molecular complexity index is 698. The van der Waals surface area contributed by atoms with Crippen molar-refractivity contribution in [2.45, 2.75) is 0 Å². The molecule has 0 amide bonds. The van der Waals surface area contributed by atoms with Crippen LogP contribution >= 0.6 is 27.5 Å². The zero-order valence-electron chi connectivity index (χ0n) is 10.0. The number of hydrogen-bond donors (Lipinski definition) is 1. The maximum atomic E-state index is 14.2. The van der Waals surface area contributed by atoms with Gasteiger partial charge in [-0.3, -0.25) is 10.1 Å². The first-order chi connectivity index (χ1) is 9.47. The van der Waals surface area contributed by atoms with Gasteiger partial charge in [0.15, 0.2) is 11.5 Å². The maximum absolute atomic E-state index is 14.2. The van der Waals surface area contributed by atoms with Gasteiger partial charge < -0.3 is 5.32 Å². The van der Waals surface area contributed by atoms with Crippen molar-refractivity contribution in [1.82, 2.24) is 9.97 Å². The van der Waals surface area contributed by atoms with Crippen molar-refractivity contribution in [3.63, 3.8) is 0 Å². The highest BCUT2D eigenvalue weighted by Crippen LogP contribution is 2.37. The number of anilines is 1. The van der Waals surface area contributed by atoms with Gasteiger partial charge in [0.05, 0.1) is 9.95 Å². The molecule has 104 valence electrons. The highest BCUT2D eigenvalue weighted by Gasteiger charge is 2.26. The van der Waals surface area contributed by atoms with Crippen LogP contribution in [0.5, 0.6) is 0 Å². The second kappa shape index (κ2) is 5.68. The summed E-state index contributed by atoms with van der Waals surface area (Å²) in [6, 6.07) is 2.85. The predicted molar refractivity (Wildman–Crippen MR) is 76.3 cm³/mol. The molecule has 0 aliphatic heterocycles. The fraction of sp³-hybridized carbons (Fsp3) is 0.0909. The van der Waals surface area contributed by atoms with Crippen LogP contribution in [0.4, 0.5) is 15.9 Å². The van der Waals surface area contributed by atoms with Crippen LogP contribution in [-0.4, -0.2) is 21.9 Å². The van der Waals surface area contributed by atoms with Gasteiger partial charge in [0.25, 0.3) is 0 Å². The van der Waals surface area contributed by atoms with Crippen LogP contribution in [0.3, 0.4) is 0 Å². The summed E-state index contributed by atoms with van der Waals surface area (Å²) in [5.41, 5.74) is -0.614. The largest absolute Gasteiger partial charge is 0.367 e. The van der Waals surface area contributed by atoms with Crippen LogP contribution < -0.4 is 5.32 Å². The molecule has 1 aromatic heterocycles. The van der Waals surface area contributed by atoms with Gasteiger partial charge in [-0.25, -0.2) is 14.4 Å². The van der Waals surface area contributed by atoms with E-state index in [1.807, 2.05) is 0 Å². The van der Waals surface area contributed by atoms with E-state index in [9.17, 15) is 14.5 Å². The first-order valence-electron chi connectivity index (χ1n) is 5.28. The first-order valence-corrected chi connectivity index (χ1v) is 6.45. The molecular weight excluding hydrogens is 355 g/mol. The Labute approximate surface area is 126 Å². The topological polar surface area (TPSA) is 81.0 Å². The maximum Gasteiger partial charge on any atom is 0.337 e. The molecule has 0 atom stereocenters. The van der Waals surface area contributed by atoms with Crippen molar-refractivity contribution < 1.29 is 9.31 Å². The third kappa shape index (κ3) is 2.44. The molecule has 20 heavy (non-hydrogen) atoms. The van der Waals surface area contributed by atoms with Crippen LogP contribution in [0.1, 0.15) is 0 Å².